The van der Waals surface area contributed by atoms with Gasteiger partial charge in [-0.2, -0.15) is 13.2 Å². The Bertz CT molecular complexity index is 750. The van der Waals surface area contributed by atoms with Gasteiger partial charge in [0.05, 0.1) is 6.54 Å². The fourth-order valence-electron chi connectivity index (χ4n) is 3.69. The van der Waals surface area contributed by atoms with E-state index in [1.807, 2.05) is 24.3 Å². The van der Waals surface area contributed by atoms with Crippen molar-refractivity contribution in [3.05, 3.63) is 29.8 Å². The number of carbonyl (C=O) groups excluding carboxylic acids is 1. The maximum Gasteiger partial charge on any atom is 0.401 e. The Morgan fingerprint density at radius 1 is 1.33 bits per heavy atom. The van der Waals surface area contributed by atoms with E-state index in [1.54, 1.807) is 7.05 Å². The summed E-state index contributed by atoms with van der Waals surface area (Å²) in [6, 6.07) is 7.37. The summed E-state index contributed by atoms with van der Waals surface area (Å²) in [6.45, 7) is 0.915. The molecule has 7 nitrogen and oxygen atoms in total. The fourth-order valence-corrected chi connectivity index (χ4v) is 3.69. The van der Waals surface area contributed by atoms with Gasteiger partial charge in [-0.05, 0) is 37.0 Å². The minimum Gasteiger partial charge on any atom is -0.368 e. The van der Waals surface area contributed by atoms with Crippen LogP contribution in [0.25, 0.3) is 0 Å². The van der Waals surface area contributed by atoms with E-state index in [0.717, 1.165) is 18.4 Å². The third-order valence-corrected chi connectivity index (χ3v) is 5.12. The number of ether oxygens (including phenoxy) is 1. The molecule has 0 aromatic heterocycles. The number of halogens is 3. The number of guanidine groups is 1. The topological polar surface area (TPSA) is 78.0 Å². The van der Waals surface area contributed by atoms with Crippen molar-refractivity contribution in [2.75, 3.05) is 38.6 Å². The molecule has 0 spiro atoms. The molecule has 1 aromatic rings. The molecule has 10 heteroatoms. The smallest absolute Gasteiger partial charge is 0.368 e. The van der Waals surface area contributed by atoms with Crippen molar-refractivity contribution in [3.63, 3.8) is 0 Å². The van der Waals surface area contributed by atoms with Gasteiger partial charge in [-0.15, -0.1) is 0 Å². The van der Waals surface area contributed by atoms with E-state index in [-0.39, 0.29) is 11.9 Å². The molecule has 1 aromatic carbocycles. The van der Waals surface area contributed by atoms with E-state index in [0.29, 0.717) is 44.3 Å². The molecule has 0 aliphatic carbocycles. The van der Waals surface area contributed by atoms with Crippen LogP contribution in [0.15, 0.2) is 29.3 Å². The number of amides is 1. The minimum absolute atomic E-state index is 0.0874. The van der Waals surface area contributed by atoms with Crippen LogP contribution in [0.4, 0.5) is 18.9 Å². The molecule has 3 N–H and O–H groups in total. The number of rotatable bonds is 6. The summed E-state index contributed by atoms with van der Waals surface area (Å²) >= 11 is 0. The summed E-state index contributed by atoms with van der Waals surface area (Å²) in [7, 11) is 1.62. The second-order valence-electron chi connectivity index (χ2n) is 7.60. The van der Waals surface area contributed by atoms with Crippen LogP contribution in [-0.4, -0.2) is 68.4 Å². The molecule has 0 saturated carbocycles. The molecule has 2 aliphatic rings. The molecule has 2 saturated heterocycles. The number of carbonyl (C=O) groups is 1. The number of benzene rings is 1. The lowest BCUT2D eigenvalue weighted by Crippen LogP contribution is -2.44. The highest BCUT2D eigenvalue weighted by atomic mass is 19.4. The molecule has 0 bridgehead atoms. The van der Waals surface area contributed by atoms with Gasteiger partial charge < -0.3 is 20.7 Å². The molecular weight excluding hydrogens is 399 g/mol. The van der Waals surface area contributed by atoms with Gasteiger partial charge in [0.1, 0.15) is 6.10 Å². The Morgan fingerprint density at radius 3 is 2.87 bits per heavy atom. The number of anilines is 1. The van der Waals surface area contributed by atoms with Crippen molar-refractivity contribution in [2.24, 2.45) is 4.99 Å². The third kappa shape index (κ3) is 6.88. The van der Waals surface area contributed by atoms with Crippen LogP contribution in [0.2, 0.25) is 0 Å². The number of hydrogen-bond donors (Lipinski definition) is 3. The molecule has 2 unspecified atom stereocenters. The van der Waals surface area contributed by atoms with E-state index in [2.05, 4.69) is 20.9 Å². The lowest BCUT2D eigenvalue weighted by Gasteiger charge is -2.20. The van der Waals surface area contributed by atoms with Crippen LogP contribution in [-0.2, 0) is 16.1 Å². The quantitative estimate of drug-likeness (QED) is 0.479. The normalized spacial score (nSPS) is 22.9. The number of hydrogen-bond acceptors (Lipinski definition) is 4. The predicted molar refractivity (Wildman–Crippen MR) is 108 cm³/mol. The first-order valence-electron chi connectivity index (χ1n) is 10.1. The lowest BCUT2D eigenvalue weighted by molar-refractivity contribution is -0.143. The van der Waals surface area contributed by atoms with E-state index in [1.165, 1.54) is 4.90 Å². The van der Waals surface area contributed by atoms with E-state index in [4.69, 9.17) is 4.74 Å². The van der Waals surface area contributed by atoms with Crippen LogP contribution in [0.5, 0.6) is 0 Å². The second kappa shape index (κ2) is 10.1. The zero-order valence-electron chi connectivity index (χ0n) is 17.0. The number of likely N-dealkylation sites (tertiary alicyclic amines) is 1. The number of nitrogens with zero attached hydrogens (tertiary/aromatic N) is 2. The van der Waals surface area contributed by atoms with Crippen molar-refractivity contribution in [1.82, 2.24) is 15.5 Å². The van der Waals surface area contributed by atoms with Crippen molar-refractivity contribution in [2.45, 2.75) is 44.1 Å². The molecule has 0 radical (unpaired) electrons. The van der Waals surface area contributed by atoms with Gasteiger partial charge >= 0.3 is 6.18 Å². The molecule has 30 heavy (non-hydrogen) atoms. The van der Waals surface area contributed by atoms with Gasteiger partial charge in [-0.1, -0.05) is 12.1 Å². The maximum atomic E-state index is 12.5. The first-order valence-corrected chi connectivity index (χ1v) is 10.1. The van der Waals surface area contributed by atoms with Crippen molar-refractivity contribution < 1.29 is 22.7 Å². The number of alkyl halides is 3. The van der Waals surface area contributed by atoms with E-state index in [9.17, 15) is 18.0 Å². The van der Waals surface area contributed by atoms with E-state index >= 15 is 0 Å². The Hall–Kier alpha value is -2.33. The van der Waals surface area contributed by atoms with Crippen molar-refractivity contribution in [3.8, 4) is 0 Å². The van der Waals surface area contributed by atoms with Crippen molar-refractivity contribution >= 4 is 17.6 Å². The summed E-state index contributed by atoms with van der Waals surface area (Å²) in [4.78, 5) is 17.7. The third-order valence-electron chi connectivity index (χ3n) is 5.12. The predicted octanol–water partition coefficient (Wildman–Crippen LogP) is 2.11. The average Bonchev–Trinajstić information content (AvgIpc) is 3.36. The average molecular weight is 427 g/mol. The lowest BCUT2D eigenvalue weighted by atomic mass is 10.2. The molecule has 2 heterocycles. The van der Waals surface area contributed by atoms with Crippen LogP contribution in [0.3, 0.4) is 0 Å². The SMILES string of the molecule is CN=C(NCc1cccc(NC(=O)C2CCCO2)c1)NC1CCN(CC(F)(F)F)C1. The molecule has 1 amide bonds. The van der Waals surface area contributed by atoms with Gasteiger partial charge in [0.25, 0.3) is 5.91 Å². The summed E-state index contributed by atoms with van der Waals surface area (Å²) in [5.41, 5.74) is 1.63. The fraction of sp³-hybridized carbons (Fsp3) is 0.600. The zero-order chi connectivity index (χ0) is 21.6. The Kier molecular flexibility index (Phi) is 7.54. The largest absolute Gasteiger partial charge is 0.401 e. The van der Waals surface area contributed by atoms with Gasteiger partial charge in [0.15, 0.2) is 5.96 Å². The number of aliphatic imine (C=N–C) groups is 1. The molecule has 2 atom stereocenters. The Morgan fingerprint density at radius 2 is 2.17 bits per heavy atom. The van der Waals surface area contributed by atoms with Gasteiger partial charge in [0.2, 0.25) is 0 Å². The van der Waals surface area contributed by atoms with Crippen LogP contribution in [0.1, 0.15) is 24.8 Å². The first-order chi connectivity index (χ1) is 14.3. The standard InChI is InChI=1S/C20H28F3N5O2/c1-24-19(27-16-7-8-28(12-16)13-20(21,22)23)25-11-14-4-2-5-15(10-14)26-18(29)17-6-3-9-30-17/h2,4-5,10,16-17H,3,6-9,11-13H2,1H3,(H,26,29)(H2,24,25,27). The van der Waals surface area contributed by atoms with Crippen LogP contribution >= 0.6 is 0 Å². The van der Waals surface area contributed by atoms with Crippen LogP contribution < -0.4 is 16.0 Å². The summed E-state index contributed by atoms with van der Waals surface area (Å²) in [5.74, 6) is 0.391. The first kappa shape index (κ1) is 22.4. The van der Waals surface area contributed by atoms with Crippen LogP contribution in [0, 0.1) is 0 Å². The highest BCUT2D eigenvalue weighted by Crippen LogP contribution is 2.20. The monoisotopic (exact) mass is 427 g/mol. The minimum atomic E-state index is -4.18. The van der Waals surface area contributed by atoms with Gasteiger partial charge in [-0.3, -0.25) is 14.7 Å². The Labute approximate surface area is 174 Å². The maximum absolute atomic E-state index is 12.5. The second-order valence-corrected chi connectivity index (χ2v) is 7.60. The molecule has 166 valence electrons. The molecule has 2 aliphatic heterocycles. The van der Waals surface area contributed by atoms with Gasteiger partial charge in [0, 0.05) is 45.0 Å². The highest BCUT2D eigenvalue weighted by molar-refractivity contribution is 5.94. The summed E-state index contributed by atoms with van der Waals surface area (Å²) in [6.07, 6.45) is -2.32. The highest BCUT2D eigenvalue weighted by Gasteiger charge is 2.34. The van der Waals surface area contributed by atoms with Crippen molar-refractivity contribution in [1.29, 1.82) is 0 Å². The van der Waals surface area contributed by atoms with Gasteiger partial charge in [-0.25, -0.2) is 0 Å². The molecular formula is C20H28F3N5O2. The summed E-state index contributed by atoms with van der Waals surface area (Å²) in [5, 5.41) is 9.22. The summed E-state index contributed by atoms with van der Waals surface area (Å²) < 4.78 is 43.0. The molecule has 3 rings (SSSR count). The van der Waals surface area contributed by atoms with E-state index < -0.39 is 18.8 Å². The number of nitrogens with one attached hydrogen (secondary N) is 3. The molecule has 2 fully saturated rings. The zero-order valence-corrected chi connectivity index (χ0v) is 17.0. The Balaban J connectivity index is 1.46.